The van der Waals surface area contributed by atoms with Crippen molar-refractivity contribution in [1.29, 1.82) is 0 Å². The third kappa shape index (κ3) is 4.60. The molecule has 9 unspecified atom stereocenters. The van der Waals surface area contributed by atoms with E-state index in [-0.39, 0.29) is 5.56 Å². The van der Waals surface area contributed by atoms with Gasteiger partial charge in [0.1, 0.15) is 23.9 Å². The summed E-state index contributed by atoms with van der Waals surface area (Å²) in [6.07, 6.45) is -11.7. The van der Waals surface area contributed by atoms with Gasteiger partial charge < -0.3 is 60.2 Å². The quantitative estimate of drug-likeness (QED) is 0.179. The molecule has 0 aliphatic carbocycles. The van der Waals surface area contributed by atoms with Crippen molar-refractivity contribution in [1.82, 2.24) is 0 Å². The molecule has 0 aromatic heterocycles. The topological polar surface area (TPSA) is 219 Å². The maximum Gasteiger partial charge on any atom is 0.313 e. The molecule has 31 heavy (non-hydrogen) atoms. The molecule has 13 heteroatoms. The molecule has 1 aromatic carbocycles. The zero-order chi connectivity index (χ0) is 23.0. The number of hydrogen-bond donors (Lipinski definition) is 9. The lowest BCUT2D eigenvalue weighted by Gasteiger charge is -2.45. The number of aliphatic hydroxyl groups is 9. The Balaban J connectivity index is 1.71. The molecule has 2 aliphatic rings. The van der Waals surface area contributed by atoms with Gasteiger partial charge in [-0.1, -0.05) is 30.3 Å². The Morgan fingerprint density at radius 2 is 1.65 bits per heavy atom. The van der Waals surface area contributed by atoms with E-state index in [0.29, 0.717) is 0 Å². The normalized spacial score (nSPS) is 44.4. The molecular weight excluding hydrogens is 424 g/mol. The Bertz CT molecular complexity index is 736. The summed E-state index contributed by atoms with van der Waals surface area (Å²) in [6, 6.07) is 7.70. The van der Waals surface area contributed by atoms with Gasteiger partial charge in [0.15, 0.2) is 18.5 Å². The standard InChI is InChI=1S/C18H26O13/c19-7-16(25)8-29-18(27,15(16)24)28-6-10-11(20)12(21)13(22)17(26,30-10)31-14(23)9-4-2-1-3-5-9/h1-5,10-15,19-27H,6-8H2. The number of ether oxygens (including phenoxy) is 4. The predicted octanol–water partition coefficient (Wildman–Crippen LogP) is -4.40. The summed E-state index contributed by atoms with van der Waals surface area (Å²) in [5.41, 5.74) is -2.04. The second-order valence-electron chi connectivity index (χ2n) is 7.49. The number of rotatable bonds is 7. The first-order valence-corrected chi connectivity index (χ1v) is 9.32. The highest BCUT2D eigenvalue weighted by molar-refractivity contribution is 5.15. The highest BCUT2D eigenvalue weighted by Gasteiger charge is 2.60. The Hall–Kier alpha value is -1.30. The van der Waals surface area contributed by atoms with Crippen molar-refractivity contribution >= 4 is 0 Å². The molecule has 2 aliphatic heterocycles. The van der Waals surface area contributed by atoms with Gasteiger partial charge in [0.25, 0.3) is 0 Å². The van der Waals surface area contributed by atoms with Gasteiger partial charge in [0, 0.05) is 5.56 Å². The number of hydrogen-bond acceptors (Lipinski definition) is 13. The van der Waals surface area contributed by atoms with Gasteiger partial charge in [0.2, 0.25) is 0 Å². The Morgan fingerprint density at radius 3 is 2.23 bits per heavy atom. The van der Waals surface area contributed by atoms with Gasteiger partial charge in [-0.15, -0.1) is 0 Å². The van der Waals surface area contributed by atoms with Gasteiger partial charge in [-0.3, -0.25) is 4.74 Å². The fourth-order valence-corrected chi connectivity index (χ4v) is 3.23. The van der Waals surface area contributed by atoms with Crippen molar-refractivity contribution < 1.29 is 64.9 Å². The highest BCUT2D eigenvalue weighted by Crippen LogP contribution is 2.36. The van der Waals surface area contributed by atoms with E-state index in [2.05, 4.69) is 0 Å². The lowest BCUT2D eigenvalue weighted by molar-refractivity contribution is -0.479. The van der Waals surface area contributed by atoms with Crippen LogP contribution < -0.4 is 0 Å². The average molecular weight is 450 g/mol. The van der Waals surface area contributed by atoms with Crippen LogP contribution in [0.25, 0.3) is 0 Å². The fraction of sp³-hybridized carbons (Fsp3) is 0.667. The van der Waals surface area contributed by atoms with Crippen LogP contribution >= 0.6 is 0 Å². The maximum absolute atomic E-state index is 10.6. The smallest absolute Gasteiger partial charge is 0.313 e. The summed E-state index contributed by atoms with van der Waals surface area (Å²) < 4.78 is 19.9. The molecular formula is C18H26O13. The van der Waals surface area contributed by atoms with Gasteiger partial charge in [-0.25, -0.2) is 0 Å². The molecule has 2 heterocycles. The molecule has 1 aromatic rings. The van der Waals surface area contributed by atoms with E-state index in [9.17, 15) is 40.9 Å². The minimum Gasteiger partial charge on any atom is -0.393 e. The minimum atomic E-state index is -3.01. The summed E-state index contributed by atoms with van der Waals surface area (Å²) in [5.74, 6) is -5.82. The van der Waals surface area contributed by atoms with E-state index < -0.39 is 74.2 Å². The Morgan fingerprint density at radius 1 is 1.00 bits per heavy atom. The van der Waals surface area contributed by atoms with Crippen molar-refractivity contribution in [2.75, 3.05) is 19.8 Å². The minimum absolute atomic E-state index is 0.181. The summed E-state index contributed by atoms with van der Waals surface area (Å²) in [5, 5.41) is 90.4. The number of aliphatic hydroxyl groups excluding tert-OH is 6. The van der Waals surface area contributed by atoms with Crippen LogP contribution in [-0.2, 0) is 18.9 Å². The van der Waals surface area contributed by atoms with E-state index in [1.165, 1.54) is 12.1 Å². The average Bonchev–Trinajstić information content (AvgIpc) is 3.00. The predicted molar refractivity (Wildman–Crippen MR) is 95.2 cm³/mol. The van der Waals surface area contributed by atoms with Gasteiger partial charge in [-0.05, 0) is 0 Å². The summed E-state index contributed by atoms with van der Waals surface area (Å²) >= 11 is 0. The third-order valence-corrected chi connectivity index (χ3v) is 5.23. The van der Waals surface area contributed by atoms with Crippen LogP contribution in [-0.4, -0.2) is 114 Å². The zero-order valence-corrected chi connectivity index (χ0v) is 16.1. The van der Waals surface area contributed by atoms with Gasteiger partial charge in [-0.2, -0.15) is 0 Å². The van der Waals surface area contributed by atoms with E-state index >= 15 is 0 Å². The third-order valence-electron chi connectivity index (χ3n) is 5.23. The fourth-order valence-electron chi connectivity index (χ4n) is 3.23. The van der Waals surface area contributed by atoms with E-state index in [0.717, 1.165) is 0 Å². The van der Waals surface area contributed by atoms with Crippen molar-refractivity contribution in [3.63, 3.8) is 0 Å². The Labute approximate surface area is 175 Å². The van der Waals surface area contributed by atoms with Crippen molar-refractivity contribution in [2.45, 2.75) is 54.4 Å². The molecule has 3 rings (SSSR count). The molecule has 2 saturated heterocycles. The molecule has 0 bridgehead atoms. The first kappa shape index (κ1) is 24.3. The highest BCUT2D eigenvalue weighted by atomic mass is 16.9. The number of benzene rings is 1. The molecule has 2 fully saturated rings. The lowest BCUT2D eigenvalue weighted by atomic mass is 9.97. The molecule has 0 amide bonds. The van der Waals surface area contributed by atoms with Crippen LogP contribution in [0.1, 0.15) is 11.9 Å². The van der Waals surface area contributed by atoms with Crippen LogP contribution in [0.5, 0.6) is 0 Å². The summed E-state index contributed by atoms with van der Waals surface area (Å²) in [4.78, 5) is 0. The molecule has 0 radical (unpaired) electrons. The van der Waals surface area contributed by atoms with Crippen LogP contribution in [0.3, 0.4) is 0 Å². The maximum atomic E-state index is 10.6. The van der Waals surface area contributed by atoms with Crippen LogP contribution in [0.2, 0.25) is 0 Å². The summed E-state index contributed by atoms with van der Waals surface area (Å²) in [6.45, 7) is -2.50. The molecule has 9 N–H and O–H groups in total. The zero-order valence-electron chi connectivity index (χ0n) is 16.1. The van der Waals surface area contributed by atoms with Gasteiger partial charge >= 0.3 is 11.9 Å². The van der Waals surface area contributed by atoms with E-state index in [1.807, 2.05) is 0 Å². The summed E-state index contributed by atoms with van der Waals surface area (Å²) in [7, 11) is 0. The second kappa shape index (κ2) is 8.92. The van der Waals surface area contributed by atoms with Crippen LogP contribution in [0.4, 0.5) is 0 Å². The molecule has 13 nitrogen and oxygen atoms in total. The largest absolute Gasteiger partial charge is 0.393 e. The van der Waals surface area contributed by atoms with Crippen molar-refractivity contribution in [3.05, 3.63) is 35.9 Å². The SMILES string of the molecule is OCC1(O)COC(O)(OCC2OC(O)(OC(O)c3ccccc3)C(O)C(O)C2O)C1O. The van der Waals surface area contributed by atoms with Crippen LogP contribution in [0.15, 0.2) is 30.3 Å². The van der Waals surface area contributed by atoms with Crippen LogP contribution in [0, 0.1) is 0 Å². The van der Waals surface area contributed by atoms with Crippen molar-refractivity contribution in [2.24, 2.45) is 0 Å². The second-order valence-corrected chi connectivity index (χ2v) is 7.49. The lowest BCUT2D eigenvalue weighted by Crippen LogP contribution is -2.67. The van der Waals surface area contributed by atoms with E-state index in [4.69, 9.17) is 24.1 Å². The van der Waals surface area contributed by atoms with Crippen molar-refractivity contribution in [3.8, 4) is 0 Å². The monoisotopic (exact) mass is 450 g/mol. The van der Waals surface area contributed by atoms with Gasteiger partial charge in [0.05, 0.1) is 19.8 Å². The first-order chi connectivity index (χ1) is 14.5. The Kier molecular flexibility index (Phi) is 7.00. The molecule has 0 saturated carbocycles. The first-order valence-electron chi connectivity index (χ1n) is 9.32. The molecule has 0 spiro atoms. The molecule has 176 valence electrons. The molecule has 9 atom stereocenters. The van der Waals surface area contributed by atoms with E-state index in [1.54, 1.807) is 18.2 Å².